The molecule has 5 heteroatoms. The van der Waals surface area contributed by atoms with E-state index < -0.39 is 0 Å². The molecule has 5 nitrogen and oxygen atoms in total. The van der Waals surface area contributed by atoms with Crippen molar-refractivity contribution >= 4 is 11.6 Å². The van der Waals surface area contributed by atoms with Gasteiger partial charge in [0.15, 0.2) is 0 Å². The lowest BCUT2D eigenvalue weighted by Gasteiger charge is -2.12. The van der Waals surface area contributed by atoms with E-state index in [1.807, 2.05) is 52.8 Å². The molecule has 2 rings (SSSR count). The summed E-state index contributed by atoms with van der Waals surface area (Å²) in [6.07, 6.45) is 0. The van der Waals surface area contributed by atoms with Crippen molar-refractivity contribution < 1.29 is 4.79 Å². The molecule has 2 aromatic rings. The molecule has 106 valence electrons. The minimum Gasteiger partial charge on any atom is -0.319 e. The molecular weight excluding hydrogens is 252 g/mol. The summed E-state index contributed by atoms with van der Waals surface area (Å²) >= 11 is 0. The van der Waals surface area contributed by atoms with Crippen LogP contribution in [0.3, 0.4) is 0 Å². The third kappa shape index (κ3) is 3.04. The number of benzene rings is 1. The summed E-state index contributed by atoms with van der Waals surface area (Å²) in [6.45, 7) is 10.1. The summed E-state index contributed by atoms with van der Waals surface area (Å²) in [5.41, 5.74) is 2.91. The second-order valence-corrected chi connectivity index (χ2v) is 6.01. The van der Waals surface area contributed by atoms with E-state index in [-0.39, 0.29) is 17.1 Å². The number of carbonyl (C=O) groups excluding carboxylic acids is 1. The minimum atomic E-state index is -0.306. The van der Waals surface area contributed by atoms with Gasteiger partial charge in [-0.15, -0.1) is 5.10 Å². The van der Waals surface area contributed by atoms with Gasteiger partial charge < -0.3 is 5.32 Å². The highest BCUT2D eigenvalue weighted by atomic mass is 16.2. The zero-order valence-electron chi connectivity index (χ0n) is 12.5. The summed E-state index contributed by atoms with van der Waals surface area (Å²) in [5.74, 6) is 0.552. The van der Waals surface area contributed by atoms with Gasteiger partial charge in [-0.25, -0.2) is 4.98 Å². The Hall–Kier alpha value is -2.17. The average molecular weight is 272 g/mol. The van der Waals surface area contributed by atoms with E-state index in [0.29, 0.717) is 5.82 Å². The minimum absolute atomic E-state index is 0.160. The fourth-order valence-corrected chi connectivity index (χ4v) is 1.70. The molecule has 0 unspecified atom stereocenters. The highest BCUT2D eigenvalue weighted by molar-refractivity contribution is 6.01. The number of hydrogen-bond donors (Lipinski definition) is 2. The standard InChI is InChI=1S/C15H20N4O/c1-9-6-7-11(8-10(9)2)16-13(20)12-17-14(19-18-12)15(3,4)5/h6-8H,1-5H3,(H,16,20)(H,17,18,19). The first-order valence-corrected chi connectivity index (χ1v) is 6.59. The van der Waals surface area contributed by atoms with Crippen molar-refractivity contribution in [2.75, 3.05) is 5.32 Å². The first-order chi connectivity index (χ1) is 9.27. The number of hydrogen-bond acceptors (Lipinski definition) is 3. The molecule has 1 aromatic heterocycles. The zero-order chi connectivity index (χ0) is 14.9. The Bertz CT molecular complexity index is 638. The highest BCUT2D eigenvalue weighted by Gasteiger charge is 2.21. The van der Waals surface area contributed by atoms with Crippen LogP contribution in [0.25, 0.3) is 0 Å². The number of nitrogens with one attached hydrogen (secondary N) is 2. The van der Waals surface area contributed by atoms with E-state index in [2.05, 4.69) is 20.5 Å². The van der Waals surface area contributed by atoms with Crippen molar-refractivity contribution in [3.63, 3.8) is 0 Å². The van der Waals surface area contributed by atoms with Crippen LogP contribution in [-0.2, 0) is 5.41 Å². The maximum atomic E-state index is 12.1. The third-order valence-corrected chi connectivity index (χ3v) is 3.16. The van der Waals surface area contributed by atoms with Crippen LogP contribution >= 0.6 is 0 Å². The smallest absolute Gasteiger partial charge is 0.295 e. The van der Waals surface area contributed by atoms with Gasteiger partial charge in [-0.3, -0.25) is 9.89 Å². The van der Waals surface area contributed by atoms with Gasteiger partial charge in [0.2, 0.25) is 5.82 Å². The predicted molar refractivity (Wildman–Crippen MR) is 79.0 cm³/mol. The van der Waals surface area contributed by atoms with Crippen molar-refractivity contribution in [3.8, 4) is 0 Å². The molecule has 0 atom stereocenters. The van der Waals surface area contributed by atoms with Gasteiger partial charge in [-0.1, -0.05) is 26.8 Å². The zero-order valence-corrected chi connectivity index (χ0v) is 12.5. The molecule has 1 aromatic carbocycles. The quantitative estimate of drug-likeness (QED) is 0.883. The number of aromatic nitrogens is 3. The van der Waals surface area contributed by atoms with Crippen LogP contribution in [0.5, 0.6) is 0 Å². The molecule has 0 aliphatic heterocycles. The van der Waals surface area contributed by atoms with Gasteiger partial charge in [-0.2, -0.15) is 0 Å². The van der Waals surface area contributed by atoms with Crippen molar-refractivity contribution in [3.05, 3.63) is 41.0 Å². The average Bonchev–Trinajstić information content (AvgIpc) is 2.83. The van der Waals surface area contributed by atoms with Crippen molar-refractivity contribution in [1.82, 2.24) is 15.2 Å². The van der Waals surface area contributed by atoms with E-state index in [0.717, 1.165) is 11.3 Å². The molecule has 0 radical (unpaired) electrons. The summed E-state index contributed by atoms with van der Waals surface area (Å²) in [7, 11) is 0. The van der Waals surface area contributed by atoms with Crippen LogP contribution in [0.4, 0.5) is 5.69 Å². The maximum Gasteiger partial charge on any atom is 0.295 e. The van der Waals surface area contributed by atoms with E-state index in [9.17, 15) is 4.79 Å². The molecule has 0 fully saturated rings. The molecule has 0 saturated carbocycles. The monoisotopic (exact) mass is 272 g/mol. The number of aromatic amines is 1. The lowest BCUT2D eigenvalue weighted by Crippen LogP contribution is -2.16. The van der Waals surface area contributed by atoms with Gasteiger partial charge in [0, 0.05) is 11.1 Å². The van der Waals surface area contributed by atoms with Gasteiger partial charge in [-0.05, 0) is 37.1 Å². The number of carbonyl (C=O) groups is 1. The molecule has 1 amide bonds. The van der Waals surface area contributed by atoms with Crippen molar-refractivity contribution in [2.24, 2.45) is 0 Å². The first-order valence-electron chi connectivity index (χ1n) is 6.59. The molecular formula is C15H20N4O. The summed E-state index contributed by atoms with van der Waals surface area (Å²) in [5, 5.41) is 9.59. The Morgan fingerprint density at radius 3 is 2.45 bits per heavy atom. The fourth-order valence-electron chi connectivity index (χ4n) is 1.70. The largest absolute Gasteiger partial charge is 0.319 e. The molecule has 1 heterocycles. The number of H-pyrrole nitrogens is 1. The molecule has 2 N–H and O–H groups in total. The number of aryl methyl sites for hydroxylation is 2. The Morgan fingerprint density at radius 1 is 1.20 bits per heavy atom. The fraction of sp³-hybridized carbons (Fsp3) is 0.400. The first kappa shape index (κ1) is 14.2. The van der Waals surface area contributed by atoms with Gasteiger partial charge >= 0.3 is 0 Å². The van der Waals surface area contributed by atoms with E-state index in [1.165, 1.54) is 5.56 Å². The lowest BCUT2D eigenvalue weighted by molar-refractivity contribution is 0.101. The number of rotatable bonds is 2. The summed E-state index contributed by atoms with van der Waals surface area (Å²) in [6, 6.07) is 5.78. The Morgan fingerprint density at radius 2 is 1.90 bits per heavy atom. The lowest BCUT2D eigenvalue weighted by atomic mass is 9.96. The predicted octanol–water partition coefficient (Wildman–Crippen LogP) is 2.97. The van der Waals surface area contributed by atoms with Crippen LogP contribution in [-0.4, -0.2) is 21.1 Å². The maximum absolute atomic E-state index is 12.1. The SMILES string of the molecule is Cc1ccc(NC(=O)c2n[nH]c(C(C)(C)C)n2)cc1C. The van der Waals surface area contributed by atoms with Crippen molar-refractivity contribution in [2.45, 2.75) is 40.0 Å². The number of nitrogens with zero attached hydrogens (tertiary/aromatic N) is 2. The second-order valence-electron chi connectivity index (χ2n) is 6.01. The van der Waals surface area contributed by atoms with E-state index >= 15 is 0 Å². The molecule has 0 bridgehead atoms. The molecule has 20 heavy (non-hydrogen) atoms. The normalized spacial score (nSPS) is 11.4. The topological polar surface area (TPSA) is 70.7 Å². The Kier molecular flexibility index (Phi) is 3.61. The molecule has 0 spiro atoms. The summed E-state index contributed by atoms with van der Waals surface area (Å²) in [4.78, 5) is 16.3. The number of anilines is 1. The van der Waals surface area contributed by atoms with Gasteiger partial charge in [0.1, 0.15) is 5.82 Å². The van der Waals surface area contributed by atoms with Gasteiger partial charge in [0.05, 0.1) is 0 Å². The van der Waals surface area contributed by atoms with Crippen LogP contribution in [0, 0.1) is 13.8 Å². The molecule has 0 aliphatic rings. The second kappa shape index (κ2) is 5.07. The molecule has 0 aliphatic carbocycles. The van der Waals surface area contributed by atoms with E-state index in [1.54, 1.807) is 0 Å². The third-order valence-electron chi connectivity index (χ3n) is 3.16. The Balaban J connectivity index is 2.16. The molecule has 0 saturated heterocycles. The summed E-state index contributed by atoms with van der Waals surface area (Å²) < 4.78 is 0. The number of amides is 1. The van der Waals surface area contributed by atoms with Crippen LogP contribution in [0.1, 0.15) is 48.3 Å². The van der Waals surface area contributed by atoms with Gasteiger partial charge in [0.25, 0.3) is 5.91 Å². The van der Waals surface area contributed by atoms with Crippen LogP contribution in [0.2, 0.25) is 0 Å². The van der Waals surface area contributed by atoms with Crippen molar-refractivity contribution in [1.29, 1.82) is 0 Å². The van der Waals surface area contributed by atoms with Crippen LogP contribution in [0.15, 0.2) is 18.2 Å². The highest BCUT2D eigenvalue weighted by Crippen LogP contribution is 2.18. The van der Waals surface area contributed by atoms with Crippen LogP contribution < -0.4 is 5.32 Å². The van der Waals surface area contributed by atoms with E-state index in [4.69, 9.17) is 0 Å². The Labute approximate surface area is 118 Å².